The molecule has 4 bridgehead atoms. The summed E-state index contributed by atoms with van der Waals surface area (Å²) in [7, 11) is 2.91. The predicted molar refractivity (Wildman–Crippen MR) is 148 cm³/mol. The Hall–Kier alpha value is -3.39. The van der Waals surface area contributed by atoms with Gasteiger partial charge < -0.3 is 24.4 Å². The topological polar surface area (TPSA) is 94.2 Å². The van der Waals surface area contributed by atoms with Crippen LogP contribution in [0, 0.1) is 5.41 Å². The summed E-state index contributed by atoms with van der Waals surface area (Å²) in [5.74, 6) is -0.901. The van der Waals surface area contributed by atoms with Crippen molar-refractivity contribution in [3.8, 4) is 11.1 Å². The van der Waals surface area contributed by atoms with Crippen LogP contribution in [0.2, 0.25) is 0 Å². The number of alkyl carbamates (subject to hydrolysis) is 1. The number of hydrogen-bond acceptors (Lipinski definition) is 6. The number of fused-ring (bicyclic) bond motifs is 11. The average molecular weight is 537 g/mol. The van der Waals surface area contributed by atoms with Gasteiger partial charge in [0.2, 0.25) is 5.91 Å². The van der Waals surface area contributed by atoms with Crippen molar-refractivity contribution in [2.45, 2.75) is 70.6 Å². The van der Waals surface area contributed by atoms with Crippen LogP contribution < -0.4 is 5.32 Å². The van der Waals surface area contributed by atoms with Crippen LogP contribution in [0.4, 0.5) is 4.79 Å². The zero-order valence-electron chi connectivity index (χ0n) is 23.6. The average Bonchev–Trinajstić information content (AvgIpc) is 3.33. The van der Waals surface area contributed by atoms with Gasteiger partial charge >= 0.3 is 12.1 Å². The van der Waals surface area contributed by atoms with Crippen LogP contribution in [0.25, 0.3) is 11.1 Å². The molecule has 1 saturated heterocycles. The molecule has 0 saturated carbocycles. The molecule has 2 amide bonds. The lowest BCUT2D eigenvalue weighted by Crippen LogP contribution is -2.57. The van der Waals surface area contributed by atoms with E-state index >= 15 is 0 Å². The van der Waals surface area contributed by atoms with E-state index in [1.165, 1.54) is 23.1 Å². The Labute approximate surface area is 231 Å². The van der Waals surface area contributed by atoms with Crippen LogP contribution in [0.5, 0.6) is 0 Å². The van der Waals surface area contributed by atoms with Gasteiger partial charge in [-0.05, 0) is 53.4 Å². The highest BCUT2D eigenvalue weighted by molar-refractivity contribution is 5.91. The quantitative estimate of drug-likeness (QED) is 0.553. The first kappa shape index (κ1) is 28.6. The largest absolute Gasteiger partial charge is 0.467 e. The molecular formula is C31H40N2O6. The zero-order valence-corrected chi connectivity index (χ0v) is 23.6. The minimum absolute atomic E-state index is 0.140. The number of esters is 1. The summed E-state index contributed by atoms with van der Waals surface area (Å²) in [4.78, 5) is 41.2. The van der Waals surface area contributed by atoms with E-state index in [1.807, 2.05) is 39.0 Å². The first-order valence-electron chi connectivity index (χ1n) is 13.7. The van der Waals surface area contributed by atoms with Crippen molar-refractivity contribution in [3.05, 3.63) is 59.7 Å². The van der Waals surface area contributed by atoms with Crippen molar-refractivity contribution in [1.29, 1.82) is 0 Å². The number of hydrogen-bond donors (Lipinski definition) is 1. The van der Waals surface area contributed by atoms with E-state index in [-0.39, 0.29) is 25.5 Å². The van der Waals surface area contributed by atoms with Gasteiger partial charge in [0, 0.05) is 13.5 Å². The molecule has 8 nitrogen and oxygen atoms in total. The highest BCUT2D eigenvalue weighted by Gasteiger charge is 2.53. The normalized spacial score (nSPS) is 24.6. The van der Waals surface area contributed by atoms with E-state index in [4.69, 9.17) is 14.2 Å². The van der Waals surface area contributed by atoms with Gasteiger partial charge in [0.1, 0.15) is 17.7 Å². The van der Waals surface area contributed by atoms with Gasteiger partial charge in [-0.2, -0.15) is 0 Å². The minimum Gasteiger partial charge on any atom is -0.467 e. The lowest BCUT2D eigenvalue weighted by Gasteiger charge is -2.35. The van der Waals surface area contributed by atoms with Gasteiger partial charge in [0.25, 0.3) is 0 Å². The zero-order chi connectivity index (χ0) is 28.2. The Morgan fingerprint density at radius 3 is 2.41 bits per heavy atom. The molecule has 39 heavy (non-hydrogen) atoms. The molecule has 0 spiro atoms. The van der Waals surface area contributed by atoms with Crippen molar-refractivity contribution in [1.82, 2.24) is 10.2 Å². The Morgan fingerprint density at radius 1 is 1.03 bits per heavy atom. The molecular weight excluding hydrogens is 496 g/mol. The molecule has 0 aromatic heterocycles. The van der Waals surface area contributed by atoms with Crippen molar-refractivity contribution < 1.29 is 28.6 Å². The van der Waals surface area contributed by atoms with Crippen LogP contribution in [0.3, 0.4) is 0 Å². The van der Waals surface area contributed by atoms with E-state index in [0.717, 1.165) is 36.8 Å². The Balaban J connectivity index is 1.77. The summed E-state index contributed by atoms with van der Waals surface area (Å²) in [6.07, 6.45) is 3.12. The molecule has 3 aliphatic heterocycles. The highest BCUT2D eigenvalue weighted by Crippen LogP contribution is 2.41. The number of nitrogens with one attached hydrogen (secondary N) is 1. The molecule has 210 valence electrons. The number of nitrogens with zero attached hydrogens (tertiary/aromatic N) is 1. The molecule has 8 heteroatoms. The number of benzene rings is 2. The summed E-state index contributed by atoms with van der Waals surface area (Å²) in [6, 6.07) is 14.8. The molecule has 0 unspecified atom stereocenters. The number of carbonyl (C=O) groups excluding carboxylic acids is 3. The van der Waals surface area contributed by atoms with E-state index in [2.05, 4.69) is 35.6 Å². The van der Waals surface area contributed by atoms with Gasteiger partial charge in [-0.25, -0.2) is 9.59 Å². The van der Waals surface area contributed by atoms with Crippen molar-refractivity contribution in [2.75, 3.05) is 27.4 Å². The maximum atomic E-state index is 14.0. The van der Waals surface area contributed by atoms with Crippen LogP contribution in [-0.4, -0.2) is 62.3 Å². The first-order valence-corrected chi connectivity index (χ1v) is 13.7. The monoisotopic (exact) mass is 536 g/mol. The second-order valence-corrected chi connectivity index (χ2v) is 11.5. The number of carbonyl (C=O) groups is 3. The van der Waals surface area contributed by atoms with E-state index in [0.29, 0.717) is 0 Å². The maximum Gasteiger partial charge on any atom is 0.407 e. The number of amides is 2. The third kappa shape index (κ3) is 6.11. The van der Waals surface area contributed by atoms with Crippen molar-refractivity contribution in [3.63, 3.8) is 0 Å². The lowest BCUT2D eigenvalue weighted by atomic mass is 9.85. The molecule has 0 aliphatic carbocycles. The Morgan fingerprint density at radius 2 is 1.74 bits per heavy atom. The molecule has 2 aromatic carbocycles. The molecule has 3 heterocycles. The SMILES string of the molecule is COC(=O)[C@@H]1C[C@]2(OC)CN1C(=O)[C@H](C(C)(C)C)NC(=O)OCCCCCc1ccccc1-c1ccc2cc1. The van der Waals surface area contributed by atoms with Crippen molar-refractivity contribution >= 4 is 18.0 Å². The molecule has 0 radical (unpaired) electrons. The summed E-state index contributed by atoms with van der Waals surface area (Å²) in [6.45, 7) is 6.01. The van der Waals surface area contributed by atoms with E-state index in [1.54, 1.807) is 7.11 Å². The molecule has 2 aromatic rings. The summed E-state index contributed by atoms with van der Waals surface area (Å²) in [5, 5.41) is 2.77. The number of ether oxygens (including phenoxy) is 3. The van der Waals surface area contributed by atoms with E-state index < -0.39 is 35.2 Å². The molecule has 1 N–H and O–H groups in total. The maximum absolute atomic E-state index is 14.0. The highest BCUT2D eigenvalue weighted by atomic mass is 16.5. The molecule has 3 aliphatic rings. The van der Waals surface area contributed by atoms with Crippen molar-refractivity contribution in [2.24, 2.45) is 5.41 Å². The van der Waals surface area contributed by atoms with E-state index in [9.17, 15) is 14.4 Å². The lowest BCUT2D eigenvalue weighted by molar-refractivity contribution is -0.152. The molecule has 5 rings (SSSR count). The number of aryl methyl sites for hydroxylation is 1. The Bertz CT molecular complexity index is 1190. The van der Waals surface area contributed by atoms with Crippen LogP contribution in [0.1, 0.15) is 57.6 Å². The first-order chi connectivity index (χ1) is 18.6. The number of rotatable bonds is 2. The molecule has 3 atom stereocenters. The van der Waals surface area contributed by atoms with Gasteiger partial charge in [0.05, 0.1) is 20.3 Å². The summed E-state index contributed by atoms with van der Waals surface area (Å²) < 4.78 is 16.6. The fourth-order valence-electron chi connectivity index (χ4n) is 5.63. The fourth-order valence-corrected chi connectivity index (χ4v) is 5.63. The summed E-state index contributed by atoms with van der Waals surface area (Å²) in [5.41, 5.74) is 2.85. The smallest absolute Gasteiger partial charge is 0.407 e. The van der Waals surface area contributed by atoms with Crippen LogP contribution >= 0.6 is 0 Å². The standard InChI is InChI=1S/C31H40N2O6/c1-30(2,3)26-27(34)33-20-31(38-5,19-25(33)28(35)37-4)23-16-14-22(15-17-23)24-13-9-8-12-21(24)11-7-6-10-18-39-29(36)32-26/h8-9,12-17,25-26H,6-7,10-11,18-20H2,1-5H3,(H,32,36)/t25-,26+,31-/m0/s1. The van der Waals surface area contributed by atoms with Crippen LogP contribution in [0.15, 0.2) is 48.5 Å². The molecule has 1 fully saturated rings. The predicted octanol–water partition coefficient (Wildman–Crippen LogP) is 4.84. The second kappa shape index (κ2) is 11.8. The van der Waals surface area contributed by atoms with Crippen LogP contribution in [-0.2, 0) is 35.8 Å². The fraction of sp³-hybridized carbons (Fsp3) is 0.516. The van der Waals surface area contributed by atoms with Gasteiger partial charge in [-0.3, -0.25) is 4.79 Å². The minimum atomic E-state index is -0.918. The third-order valence-electron chi connectivity index (χ3n) is 7.91. The number of methoxy groups -OCH3 is 2. The van der Waals surface area contributed by atoms with Gasteiger partial charge in [-0.15, -0.1) is 0 Å². The Kier molecular flexibility index (Phi) is 8.64. The third-order valence-corrected chi connectivity index (χ3v) is 7.91. The second-order valence-electron chi connectivity index (χ2n) is 11.5. The van der Waals surface area contributed by atoms with Gasteiger partial charge in [0.15, 0.2) is 0 Å². The summed E-state index contributed by atoms with van der Waals surface area (Å²) >= 11 is 0. The van der Waals surface area contributed by atoms with Gasteiger partial charge in [-0.1, -0.05) is 69.3 Å².